The van der Waals surface area contributed by atoms with E-state index >= 15 is 0 Å². The summed E-state index contributed by atoms with van der Waals surface area (Å²) in [6, 6.07) is 10.9. The molecule has 0 bridgehead atoms. The summed E-state index contributed by atoms with van der Waals surface area (Å²) in [6.45, 7) is 8.02. The van der Waals surface area contributed by atoms with E-state index in [9.17, 15) is 14.4 Å². The molecular formula is C22H27N3O4. The molecule has 1 fully saturated rings. The van der Waals surface area contributed by atoms with E-state index in [0.29, 0.717) is 37.6 Å². The molecule has 1 aliphatic rings. The normalized spacial score (nSPS) is 14.6. The molecule has 154 valence electrons. The van der Waals surface area contributed by atoms with Crippen molar-refractivity contribution in [3.63, 3.8) is 0 Å². The number of furan rings is 1. The van der Waals surface area contributed by atoms with E-state index < -0.39 is 0 Å². The van der Waals surface area contributed by atoms with E-state index in [1.807, 2.05) is 24.3 Å². The molecule has 0 aliphatic carbocycles. The molecule has 7 nitrogen and oxygen atoms in total. The molecule has 0 saturated carbocycles. The lowest BCUT2D eigenvalue weighted by atomic mass is 9.87. The van der Waals surface area contributed by atoms with Crippen molar-refractivity contribution in [1.82, 2.24) is 9.80 Å². The van der Waals surface area contributed by atoms with Gasteiger partial charge in [-0.05, 0) is 35.2 Å². The number of nitrogens with zero attached hydrogens (tertiary/aromatic N) is 2. The minimum absolute atomic E-state index is 0.0406. The zero-order chi connectivity index (χ0) is 21.0. The molecule has 0 radical (unpaired) electrons. The van der Waals surface area contributed by atoms with E-state index in [-0.39, 0.29) is 29.6 Å². The van der Waals surface area contributed by atoms with Gasteiger partial charge in [0.15, 0.2) is 5.76 Å². The Morgan fingerprint density at radius 2 is 1.59 bits per heavy atom. The second kappa shape index (κ2) is 8.51. The average molecular weight is 397 g/mol. The number of carbonyl (C=O) groups is 3. The fourth-order valence-electron chi connectivity index (χ4n) is 3.22. The Hall–Kier alpha value is -3.09. The van der Waals surface area contributed by atoms with Gasteiger partial charge in [-0.25, -0.2) is 0 Å². The van der Waals surface area contributed by atoms with Gasteiger partial charge in [-0.3, -0.25) is 14.4 Å². The van der Waals surface area contributed by atoms with Gasteiger partial charge in [-0.1, -0.05) is 32.9 Å². The molecule has 1 aromatic heterocycles. The van der Waals surface area contributed by atoms with Crippen LogP contribution in [-0.2, 0) is 15.0 Å². The highest BCUT2D eigenvalue weighted by Crippen LogP contribution is 2.23. The molecule has 3 amide bonds. The highest BCUT2D eigenvalue weighted by molar-refractivity contribution is 6.03. The first kappa shape index (κ1) is 20.6. The van der Waals surface area contributed by atoms with Gasteiger partial charge in [0.25, 0.3) is 5.91 Å². The van der Waals surface area contributed by atoms with Gasteiger partial charge in [0.05, 0.1) is 6.26 Å². The average Bonchev–Trinajstić information content (AvgIpc) is 3.22. The number of hydrogen-bond acceptors (Lipinski definition) is 4. The zero-order valence-electron chi connectivity index (χ0n) is 17.1. The highest BCUT2D eigenvalue weighted by atomic mass is 16.3. The van der Waals surface area contributed by atoms with Crippen LogP contribution < -0.4 is 5.32 Å². The Bertz CT molecular complexity index is 858. The summed E-state index contributed by atoms with van der Waals surface area (Å²) in [5, 5.41) is 2.77. The van der Waals surface area contributed by atoms with Crippen LogP contribution in [0.3, 0.4) is 0 Å². The molecule has 7 heteroatoms. The first-order chi connectivity index (χ1) is 13.7. The largest absolute Gasteiger partial charge is 0.459 e. The van der Waals surface area contributed by atoms with Crippen LogP contribution >= 0.6 is 0 Å². The van der Waals surface area contributed by atoms with Crippen LogP contribution in [-0.4, -0.2) is 53.7 Å². The summed E-state index contributed by atoms with van der Waals surface area (Å²) in [5.74, 6) is -0.466. The van der Waals surface area contributed by atoms with Crippen molar-refractivity contribution in [2.75, 3.05) is 31.5 Å². The van der Waals surface area contributed by atoms with Crippen molar-refractivity contribution in [2.45, 2.75) is 32.6 Å². The monoisotopic (exact) mass is 397 g/mol. The van der Waals surface area contributed by atoms with Crippen LogP contribution in [0.25, 0.3) is 0 Å². The van der Waals surface area contributed by atoms with Gasteiger partial charge in [-0.2, -0.15) is 0 Å². The Kier molecular flexibility index (Phi) is 6.06. The smallest absolute Gasteiger partial charge is 0.289 e. The van der Waals surface area contributed by atoms with Gasteiger partial charge in [0.2, 0.25) is 11.8 Å². The van der Waals surface area contributed by atoms with Crippen molar-refractivity contribution in [3.8, 4) is 0 Å². The van der Waals surface area contributed by atoms with Crippen LogP contribution in [0.2, 0.25) is 0 Å². The molecule has 1 saturated heterocycles. The van der Waals surface area contributed by atoms with E-state index in [2.05, 4.69) is 26.1 Å². The zero-order valence-corrected chi connectivity index (χ0v) is 17.1. The van der Waals surface area contributed by atoms with E-state index in [1.165, 1.54) is 11.8 Å². The van der Waals surface area contributed by atoms with Gasteiger partial charge in [-0.15, -0.1) is 0 Å². The number of piperazine rings is 1. The van der Waals surface area contributed by atoms with Gasteiger partial charge >= 0.3 is 0 Å². The SMILES string of the molecule is CC(C)(C)c1ccc(NC(=O)CC(=O)N2CCN(C(=O)c3ccco3)CC2)cc1. The standard InChI is InChI=1S/C22H27N3O4/c1-22(2,3)16-6-8-17(9-7-16)23-19(26)15-20(27)24-10-12-25(13-11-24)21(28)18-5-4-14-29-18/h4-9,14H,10-13,15H2,1-3H3,(H,23,26). The maximum absolute atomic E-state index is 12.4. The molecule has 1 aromatic carbocycles. The van der Waals surface area contributed by atoms with E-state index in [1.54, 1.807) is 21.9 Å². The quantitative estimate of drug-likeness (QED) is 0.804. The van der Waals surface area contributed by atoms with Crippen LogP contribution in [0, 0.1) is 0 Å². The first-order valence-corrected chi connectivity index (χ1v) is 9.75. The Labute approximate surface area is 170 Å². The summed E-state index contributed by atoms with van der Waals surface area (Å²) in [6.07, 6.45) is 1.25. The summed E-state index contributed by atoms with van der Waals surface area (Å²) >= 11 is 0. The lowest BCUT2D eigenvalue weighted by molar-refractivity contribution is -0.135. The number of carbonyl (C=O) groups excluding carboxylic acids is 3. The van der Waals surface area contributed by atoms with Crippen LogP contribution in [0.1, 0.15) is 43.3 Å². The number of anilines is 1. The minimum Gasteiger partial charge on any atom is -0.459 e. The van der Waals surface area contributed by atoms with Crippen LogP contribution in [0.5, 0.6) is 0 Å². The maximum atomic E-state index is 12.4. The number of amides is 3. The number of rotatable bonds is 4. The van der Waals surface area contributed by atoms with Crippen molar-refractivity contribution in [1.29, 1.82) is 0 Å². The number of nitrogens with one attached hydrogen (secondary N) is 1. The van der Waals surface area contributed by atoms with Crippen molar-refractivity contribution < 1.29 is 18.8 Å². The summed E-state index contributed by atoms with van der Waals surface area (Å²) in [4.78, 5) is 40.2. The van der Waals surface area contributed by atoms with Gasteiger partial charge < -0.3 is 19.5 Å². The molecule has 29 heavy (non-hydrogen) atoms. The number of hydrogen-bond donors (Lipinski definition) is 1. The molecule has 2 heterocycles. The third-order valence-electron chi connectivity index (χ3n) is 5.00. The second-order valence-electron chi connectivity index (χ2n) is 8.20. The predicted molar refractivity (Wildman–Crippen MR) is 110 cm³/mol. The summed E-state index contributed by atoms with van der Waals surface area (Å²) in [5.41, 5.74) is 1.89. The second-order valence-corrected chi connectivity index (χ2v) is 8.20. The predicted octanol–water partition coefficient (Wildman–Crippen LogP) is 2.89. The van der Waals surface area contributed by atoms with E-state index in [0.717, 1.165) is 0 Å². The molecule has 0 spiro atoms. The molecule has 2 aromatic rings. The van der Waals surface area contributed by atoms with Gasteiger partial charge in [0.1, 0.15) is 6.42 Å². The lowest BCUT2D eigenvalue weighted by Gasteiger charge is -2.34. The summed E-state index contributed by atoms with van der Waals surface area (Å²) < 4.78 is 5.13. The Morgan fingerprint density at radius 1 is 0.966 bits per heavy atom. The fraction of sp³-hybridized carbons (Fsp3) is 0.409. The molecule has 1 N–H and O–H groups in total. The molecular weight excluding hydrogens is 370 g/mol. The third-order valence-corrected chi connectivity index (χ3v) is 5.00. The lowest BCUT2D eigenvalue weighted by Crippen LogP contribution is -2.51. The number of benzene rings is 1. The minimum atomic E-state index is -0.340. The third kappa shape index (κ3) is 5.25. The molecule has 0 atom stereocenters. The Balaban J connectivity index is 1.47. The Morgan fingerprint density at radius 3 is 2.14 bits per heavy atom. The van der Waals surface area contributed by atoms with Crippen molar-refractivity contribution in [2.24, 2.45) is 0 Å². The first-order valence-electron chi connectivity index (χ1n) is 9.75. The van der Waals surface area contributed by atoms with Crippen LogP contribution in [0.4, 0.5) is 5.69 Å². The van der Waals surface area contributed by atoms with Crippen molar-refractivity contribution >= 4 is 23.4 Å². The van der Waals surface area contributed by atoms with Crippen molar-refractivity contribution in [3.05, 3.63) is 54.0 Å². The molecule has 1 aliphatic heterocycles. The molecule has 3 rings (SSSR count). The summed E-state index contributed by atoms with van der Waals surface area (Å²) in [7, 11) is 0. The van der Waals surface area contributed by atoms with E-state index in [4.69, 9.17) is 4.42 Å². The van der Waals surface area contributed by atoms with Crippen LogP contribution in [0.15, 0.2) is 47.1 Å². The topological polar surface area (TPSA) is 82.9 Å². The highest BCUT2D eigenvalue weighted by Gasteiger charge is 2.27. The fourth-order valence-corrected chi connectivity index (χ4v) is 3.22. The maximum Gasteiger partial charge on any atom is 0.289 e. The molecule has 0 unspecified atom stereocenters. The van der Waals surface area contributed by atoms with Gasteiger partial charge in [0, 0.05) is 31.9 Å².